The molecule has 3 aromatic rings. The first-order valence-corrected chi connectivity index (χ1v) is 10.8. The molecule has 4 N–H and O–H groups in total. The number of alkyl halides is 3. The number of rotatable bonds is 7. The average Bonchev–Trinajstić information content (AvgIpc) is 3.21. The molecule has 4 rings (SSSR count). The SMILES string of the molecule is CCCCN[C@H]1CCN(c2nc(Nc3cc(N)cc(C(F)(F)F)c3)nc3ccccc23)C1. The first-order valence-electron chi connectivity index (χ1n) is 10.8. The molecule has 1 aliphatic heterocycles. The van der Waals surface area contributed by atoms with Gasteiger partial charge < -0.3 is 21.3 Å². The van der Waals surface area contributed by atoms with Gasteiger partial charge in [-0.15, -0.1) is 0 Å². The first kappa shape index (κ1) is 22.1. The van der Waals surface area contributed by atoms with E-state index in [4.69, 9.17) is 5.73 Å². The minimum absolute atomic E-state index is 0.0175. The van der Waals surface area contributed by atoms with Gasteiger partial charge in [0, 0.05) is 35.9 Å². The standard InChI is InChI=1S/C23H27F3N6/c1-2-3-9-28-17-8-10-32(14-17)21-19-6-4-5-7-20(19)30-22(31-21)29-18-12-15(23(24,25)26)11-16(27)13-18/h4-7,11-13,17,28H,2-3,8-10,14,27H2,1H3,(H,29,30,31)/t17-/m0/s1. The Kier molecular flexibility index (Phi) is 6.36. The van der Waals surface area contributed by atoms with Gasteiger partial charge >= 0.3 is 6.18 Å². The molecule has 0 amide bonds. The molecular formula is C23H27F3N6. The second-order valence-electron chi connectivity index (χ2n) is 8.09. The Morgan fingerprint density at radius 3 is 2.75 bits per heavy atom. The summed E-state index contributed by atoms with van der Waals surface area (Å²) in [6.45, 7) is 4.83. The summed E-state index contributed by atoms with van der Waals surface area (Å²) >= 11 is 0. The second-order valence-corrected chi connectivity index (χ2v) is 8.09. The lowest BCUT2D eigenvalue weighted by Gasteiger charge is -2.21. The number of benzene rings is 2. The topological polar surface area (TPSA) is 79.1 Å². The average molecular weight is 445 g/mol. The summed E-state index contributed by atoms with van der Waals surface area (Å²) in [6.07, 6.45) is -1.19. The van der Waals surface area contributed by atoms with Crippen molar-refractivity contribution in [1.29, 1.82) is 0 Å². The molecule has 1 atom stereocenters. The number of nitrogens with two attached hydrogens (primary N) is 1. The van der Waals surface area contributed by atoms with Crippen LogP contribution in [0.2, 0.25) is 0 Å². The largest absolute Gasteiger partial charge is 0.416 e. The molecule has 2 aromatic carbocycles. The molecule has 0 bridgehead atoms. The Hall–Kier alpha value is -3.07. The van der Waals surface area contributed by atoms with E-state index in [-0.39, 0.29) is 17.3 Å². The van der Waals surface area contributed by atoms with Crippen molar-refractivity contribution >= 4 is 34.0 Å². The smallest absolute Gasteiger partial charge is 0.399 e. The van der Waals surface area contributed by atoms with Crippen molar-refractivity contribution in [3.63, 3.8) is 0 Å². The van der Waals surface area contributed by atoms with Gasteiger partial charge in [0.25, 0.3) is 0 Å². The molecule has 0 unspecified atom stereocenters. The summed E-state index contributed by atoms with van der Waals surface area (Å²) in [5.74, 6) is 1.01. The molecule has 6 nitrogen and oxygen atoms in total. The van der Waals surface area contributed by atoms with Crippen LogP contribution >= 0.6 is 0 Å². The van der Waals surface area contributed by atoms with Crippen LogP contribution in [0.5, 0.6) is 0 Å². The van der Waals surface area contributed by atoms with Crippen LogP contribution in [-0.2, 0) is 6.18 Å². The summed E-state index contributed by atoms with van der Waals surface area (Å²) in [5.41, 5.74) is 5.82. The first-order chi connectivity index (χ1) is 15.3. The maximum atomic E-state index is 13.2. The number of para-hydroxylation sites is 1. The minimum Gasteiger partial charge on any atom is -0.399 e. The van der Waals surface area contributed by atoms with E-state index in [0.29, 0.717) is 6.04 Å². The van der Waals surface area contributed by atoms with Gasteiger partial charge in [-0.25, -0.2) is 4.98 Å². The number of fused-ring (bicyclic) bond motifs is 1. The number of hydrogen-bond acceptors (Lipinski definition) is 6. The number of halogens is 3. The van der Waals surface area contributed by atoms with E-state index in [1.165, 1.54) is 6.07 Å². The number of nitrogens with one attached hydrogen (secondary N) is 2. The Balaban J connectivity index is 1.63. The fourth-order valence-electron chi connectivity index (χ4n) is 3.98. The highest BCUT2D eigenvalue weighted by atomic mass is 19.4. The minimum atomic E-state index is -4.49. The highest BCUT2D eigenvalue weighted by molar-refractivity contribution is 5.91. The third-order valence-corrected chi connectivity index (χ3v) is 5.57. The summed E-state index contributed by atoms with van der Waals surface area (Å²) in [6, 6.07) is 11.4. The predicted octanol–water partition coefficient (Wildman–Crippen LogP) is 4.94. The lowest BCUT2D eigenvalue weighted by molar-refractivity contribution is -0.137. The van der Waals surface area contributed by atoms with E-state index in [0.717, 1.165) is 67.8 Å². The van der Waals surface area contributed by atoms with E-state index in [2.05, 4.69) is 32.4 Å². The normalized spacial score (nSPS) is 16.6. The zero-order valence-corrected chi connectivity index (χ0v) is 17.9. The fourth-order valence-corrected chi connectivity index (χ4v) is 3.98. The molecule has 9 heteroatoms. The van der Waals surface area contributed by atoms with E-state index < -0.39 is 11.7 Å². The van der Waals surface area contributed by atoms with Crippen LogP contribution in [0.25, 0.3) is 10.9 Å². The van der Waals surface area contributed by atoms with Crippen molar-refractivity contribution in [2.45, 2.75) is 38.4 Å². The number of nitrogen functional groups attached to an aromatic ring is 1. The maximum Gasteiger partial charge on any atom is 0.416 e. The van der Waals surface area contributed by atoms with Crippen molar-refractivity contribution in [2.24, 2.45) is 0 Å². The predicted molar refractivity (Wildman–Crippen MR) is 122 cm³/mol. The summed E-state index contributed by atoms with van der Waals surface area (Å²) in [4.78, 5) is 11.4. The summed E-state index contributed by atoms with van der Waals surface area (Å²) in [7, 11) is 0. The van der Waals surface area contributed by atoms with Crippen molar-refractivity contribution in [2.75, 3.05) is 35.6 Å². The van der Waals surface area contributed by atoms with Crippen LogP contribution < -0.4 is 21.3 Å². The molecular weight excluding hydrogens is 417 g/mol. The van der Waals surface area contributed by atoms with Crippen molar-refractivity contribution in [3.05, 3.63) is 48.0 Å². The van der Waals surface area contributed by atoms with Gasteiger partial charge in [0.05, 0.1) is 11.1 Å². The Labute approximate surface area is 185 Å². The third kappa shape index (κ3) is 5.04. The van der Waals surface area contributed by atoms with Gasteiger partial charge in [0.2, 0.25) is 5.95 Å². The highest BCUT2D eigenvalue weighted by Crippen LogP contribution is 2.34. The van der Waals surface area contributed by atoms with Gasteiger partial charge in [0.1, 0.15) is 5.82 Å². The van der Waals surface area contributed by atoms with Crippen LogP contribution in [0.4, 0.5) is 36.3 Å². The van der Waals surface area contributed by atoms with Crippen LogP contribution in [0, 0.1) is 0 Å². The van der Waals surface area contributed by atoms with Crippen LogP contribution in [0.15, 0.2) is 42.5 Å². The molecule has 1 fully saturated rings. The lowest BCUT2D eigenvalue weighted by Crippen LogP contribution is -2.33. The zero-order chi connectivity index (χ0) is 22.7. The Morgan fingerprint density at radius 1 is 1.16 bits per heavy atom. The fraction of sp³-hybridized carbons (Fsp3) is 0.391. The molecule has 0 saturated carbocycles. The highest BCUT2D eigenvalue weighted by Gasteiger charge is 2.31. The Bertz CT molecular complexity index is 1090. The van der Waals surface area contributed by atoms with Crippen LogP contribution in [0.3, 0.4) is 0 Å². The molecule has 2 heterocycles. The zero-order valence-electron chi connectivity index (χ0n) is 17.9. The molecule has 1 aromatic heterocycles. The van der Waals surface area contributed by atoms with Crippen LogP contribution in [-0.4, -0.2) is 35.6 Å². The third-order valence-electron chi connectivity index (χ3n) is 5.57. The number of nitrogens with zero attached hydrogens (tertiary/aromatic N) is 3. The maximum absolute atomic E-state index is 13.2. The number of hydrogen-bond donors (Lipinski definition) is 3. The summed E-state index contributed by atoms with van der Waals surface area (Å²) in [5, 5.41) is 7.42. The van der Waals surface area contributed by atoms with Crippen molar-refractivity contribution < 1.29 is 13.2 Å². The number of anilines is 4. The van der Waals surface area contributed by atoms with Gasteiger partial charge in [0.15, 0.2) is 0 Å². The van der Waals surface area contributed by atoms with E-state index in [9.17, 15) is 13.2 Å². The monoisotopic (exact) mass is 444 g/mol. The molecule has 0 spiro atoms. The molecule has 32 heavy (non-hydrogen) atoms. The molecule has 0 aliphatic carbocycles. The Morgan fingerprint density at radius 2 is 1.97 bits per heavy atom. The van der Waals surface area contributed by atoms with E-state index in [1.807, 2.05) is 24.3 Å². The molecule has 170 valence electrons. The van der Waals surface area contributed by atoms with Gasteiger partial charge in [-0.3, -0.25) is 0 Å². The van der Waals surface area contributed by atoms with Gasteiger partial charge in [-0.1, -0.05) is 25.5 Å². The summed E-state index contributed by atoms with van der Waals surface area (Å²) < 4.78 is 39.6. The quantitative estimate of drug-likeness (QED) is 0.354. The number of aromatic nitrogens is 2. The molecule has 1 saturated heterocycles. The van der Waals surface area contributed by atoms with E-state index >= 15 is 0 Å². The van der Waals surface area contributed by atoms with E-state index in [1.54, 1.807) is 0 Å². The van der Waals surface area contributed by atoms with Crippen molar-refractivity contribution in [1.82, 2.24) is 15.3 Å². The molecule has 0 radical (unpaired) electrons. The van der Waals surface area contributed by atoms with Gasteiger partial charge in [-0.2, -0.15) is 18.2 Å². The number of unbranched alkanes of at least 4 members (excludes halogenated alkanes) is 1. The second kappa shape index (κ2) is 9.20. The molecule has 1 aliphatic rings. The lowest BCUT2D eigenvalue weighted by atomic mass is 10.1. The van der Waals surface area contributed by atoms with Crippen LogP contribution in [0.1, 0.15) is 31.7 Å². The van der Waals surface area contributed by atoms with Crippen molar-refractivity contribution in [3.8, 4) is 0 Å². The van der Waals surface area contributed by atoms with Gasteiger partial charge in [-0.05, 0) is 49.7 Å².